The van der Waals surface area contributed by atoms with Crippen LogP contribution in [0.4, 0.5) is 5.69 Å². The molecule has 1 atom stereocenters. The average molecular weight is 260 g/mol. The maximum Gasteiger partial charge on any atom is 0.220 e. The largest absolute Gasteiger partial charge is 0.384 e. The Bertz CT molecular complexity index is 427. The molecule has 0 fully saturated rings. The first-order chi connectivity index (χ1) is 9.24. The molecule has 1 unspecified atom stereocenters. The van der Waals surface area contributed by atoms with E-state index in [0.29, 0.717) is 18.3 Å². The predicted octanol–water partition coefficient (Wildman–Crippen LogP) is 3.14. The van der Waals surface area contributed by atoms with E-state index < -0.39 is 0 Å². The van der Waals surface area contributed by atoms with Gasteiger partial charge in [-0.1, -0.05) is 44.9 Å². The van der Waals surface area contributed by atoms with Gasteiger partial charge in [0.15, 0.2) is 0 Å². The summed E-state index contributed by atoms with van der Waals surface area (Å²) in [5.74, 6) is 1.10. The molecule has 2 rings (SSSR count). The Hall–Kier alpha value is -1.51. The minimum atomic E-state index is 0.176. The van der Waals surface area contributed by atoms with Crippen molar-refractivity contribution in [2.45, 2.75) is 39.0 Å². The normalized spacial score (nSPS) is 17.1. The van der Waals surface area contributed by atoms with Crippen LogP contribution in [0.3, 0.4) is 0 Å². The number of anilines is 1. The summed E-state index contributed by atoms with van der Waals surface area (Å²) in [7, 11) is 0. The van der Waals surface area contributed by atoms with Crippen LogP contribution in [0.2, 0.25) is 0 Å². The third kappa shape index (κ3) is 3.49. The number of carbonyl (C=O) groups is 1. The van der Waals surface area contributed by atoms with Crippen LogP contribution >= 0.6 is 0 Å². The Morgan fingerprint density at radius 2 is 2.11 bits per heavy atom. The smallest absolute Gasteiger partial charge is 0.220 e. The highest BCUT2D eigenvalue weighted by atomic mass is 16.1. The van der Waals surface area contributed by atoms with Gasteiger partial charge in [-0.05, 0) is 17.5 Å². The summed E-state index contributed by atoms with van der Waals surface area (Å²) in [5, 5.41) is 6.44. The highest BCUT2D eigenvalue weighted by Gasteiger charge is 2.23. The van der Waals surface area contributed by atoms with Crippen LogP contribution in [-0.4, -0.2) is 19.0 Å². The zero-order valence-electron chi connectivity index (χ0n) is 11.9. The van der Waals surface area contributed by atoms with Crippen molar-refractivity contribution in [2.75, 3.05) is 18.4 Å². The fourth-order valence-corrected chi connectivity index (χ4v) is 2.67. The molecule has 3 nitrogen and oxygen atoms in total. The van der Waals surface area contributed by atoms with Crippen LogP contribution in [0.5, 0.6) is 0 Å². The van der Waals surface area contributed by atoms with Crippen molar-refractivity contribution < 1.29 is 4.79 Å². The minimum Gasteiger partial charge on any atom is -0.384 e. The lowest BCUT2D eigenvalue weighted by Gasteiger charge is -2.15. The monoisotopic (exact) mass is 260 g/mol. The van der Waals surface area contributed by atoms with Gasteiger partial charge in [0.05, 0.1) is 0 Å². The van der Waals surface area contributed by atoms with E-state index in [-0.39, 0.29) is 5.91 Å². The number of hydrogen-bond donors (Lipinski definition) is 2. The predicted molar refractivity (Wildman–Crippen MR) is 79.4 cm³/mol. The average Bonchev–Trinajstić information content (AvgIpc) is 2.83. The Kier molecular flexibility index (Phi) is 4.83. The molecule has 0 bridgehead atoms. The third-order valence-corrected chi connectivity index (χ3v) is 4.11. The second kappa shape index (κ2) is 6.60. The summed E-state index contributed by atoms with van der Waals surface area (Å²) in [6.45, 7) is 6.04. The molecular formula is C16H24N2O. The van der Waals surface area contributed by atoms with Crippen molar-refractivity contribution in [1.82, 2.24) is 5.32 Å². The molecular weight excluding hydrogens is 236 g/mol. The van der Waals surface area contributed by atoms with E-state index in [9.17, 15) is 4.79 Å². The van der Waals surface area contributed by atoms with E-state index in [1.54, 1.807) is 0 Å². The molecule has 3 heteroatoms. The second-order valence-electron chi connectivity index (χ2n) is 5.36. The van der Waals surface area contributed by atoms with E-state index in [4.69, 9.17) is 0 Å². The van der Waals surface area contributed by atoms with Crippen molar-refractivity contribution in [3.05, 3.63) is 29.8 Å². The summed E-state index contributed by atoms with van der Waals surface area (Å²) in [4.78, 5) is 12.0. The van der Waals surface area contributed by atoms with Crippen LogP contribution in [-0.2, 0) is 4.79 Å². The zero-order chi connectivity index (χ0) is 13.7. The number of amides is 1. The first-order valence-corrected chi connectivity index (χ1v) is 7.34. The molecule has 1 aliphatic heterocycles. The Morgan fingerprint density at radius 1 is 1.37 bits per heavy atom. The maximum atomic E-state index is 12.0. The van der Waals surface area contributed by atoms with Gasteiger partial charge in [-0.25, -0.2) is 0 Å². The molecule has 1 aliphatic rings. The van der Waals surface area contributed by atoms with Crippen molar-refractivity contribution in [3.8, 4) is 0 Å². The maximum absolute atomic E-state index is 12.0. The molecule has 0 radical (unpaired) electrons. The molecule has 104 valence electrons. The van der Waals surface area contributed by atoms with Crippen LogP contribution in [0.15, 0.2) is 24.3 Å². The van der Waals surface area contributed by atoms with Gasteiger partial charge in [0.25, 0.3) is 0 Å². The number of carbonyl (C=O) groups excluding carboxylic acids is 1. The van der Waals surface area contributed by atoms with Gasteiger partial charge in [-0.2, -0.15) is 0 Å². The number of para-hydroxylation sites is 1. The molecule has 1 aromatic carbocycles. The Balaban J connectivity index is 1.84. The summed E-state index contributed by atoms with van der Waals surface area (Å²) < 4.78 is 0. The number of fused-ring (bicyclic) bond motifs is 1. The van der Waals surface area contributed by atoms with E-state index in [0.717, 1.165) is 25.9 Å². The van der Waals surface area contributed by atoms with Crippen molar-refractivity contribution >= 4 is 11.6 Å². The number of benzene rings is 1. The van der Waals surface area contributed by atoms with Gasteiger partial charge >= 0.3 is 0 Å². The van der Waals surface area contributed by atoms with E-state index in [2.05, 4.69) is 36.6 Å². The standard InChI is InChI=1S/C16H24N2O/c1-3-12(4-2)10-18-16(19)9-13-11-17-15-8-6-5-7-14(13)15/h5-8,12-13,17H,3-4,9-11H2,1-2H3,(H,18,19). The molecule has 1 amide bonds. The highest BCUT2D eigenvalue weighted by Crippen LogP contribution is 2.32. The van der Waals surface area contributed by atoms with Gasteiger partial charge in [-0.3, -0.25) is 4.79 Å². The highest BCUT2D eigenvalue weighted by molar-refractivity contribution is 5.78. The summed E-state index contributed by atoms with van der Waals surface area (Å²) in [6.07, 6.45) is 2.85. The Labute approximate surface area is 115 Å². The molecule has 0 aromatic heterocycles. The third-order valence-electron chi connectivity index (χ3n) is 4.11. The van der Waals surface area contributed by atoms with Gasteiger partial charge in [0.2, 0.25) is 5.91 Å². The quantitative estimate of drug-likeness (QED) is 0.825. The fourth-order valence-electron chi connectivity index (χ4n) is 2.67. The lowest BCUT2D eigenvalue weighted by molar-refractivity contribution is -0.121. The lowest BCUT2D eigenvalue weighted by Crippen LogP contribution is -2.30. The number of hydrogen-bond acceptors (Lipinski definition) is 2. The summed E-state index contributed by atoms with van der Waals surface area (Å²) in [5.41, 5.74) is 2.46. The molecule has 0 spiro atoms. The SMILES string of the molecule is CCC(CC)CNC(=O)CC1CNc2ccccc21. The van der Waals surface area contributed by atoms with E-state index in [1.807, 2.05) is 12.1 Å². The van der Waals surface area contributed by atoms with Gasteiger partial charge in [-0.15, -0.1) is 0 Å². The second-order valence-corrected chi connectivity index (χ2v) is 5.36. The molecule has 1 heterocycles. The summed E-state index contributed by atoms with van der Waals surface area (Å²) >= 11 is 0. The molecule has 0 saturated carbocycles. The molecule has 19 heavy (non-hydrogen) atoms. The molecule has 1 aromatic rings. The summed E-state index contributed by atoms with van der Waals surface area (Å²) in [6, 6.07) is 8.27. The zero-order valence-corrected chi connectivity index (χ0v) is 11.9. The van der Waals surface area contributed by atoms with Crippen molar-refractivity contribution in [3.63, 3.8) is 0 Å². The lowest BCUT2D eigenvalue weighted by atomic mass is 9.97. The van der Waals surface area contributed by atoms with Crippen LogP contribution in [0.1, 0.15) is 44.6 Å². The van der Waals surface area contributed by atoms with Crippen LogP contribution in [0, 0.1) is 5.92 Å². The minimum absolute atomic E-state index is 0.176. The number of rotatable bonds is 6. The van der Waals surface area contributed by atoms with Crippen LogP contribution in [0.25, 0.3) is 0 Å². The van der Waals surface area contributed by atoms with Gasteiger partial charge < -0.3 is 10.6 Å². The van der Waals surface area contributed by atoms with Gasteiger partial charge in [0, 0.05) is 31.1 Å². The fraction of sp³-hybridized carbons (Fsp3) is 0.562. The first kappa shape index (κ1) is 13.9. The molecule has 2 N–H and O–H groups in total. The van der Waals surface area contributed by atoms with E-state index >= 15 is 0 Å². The molecule has 0 saturated heterocycles. The van der Waals surface area contributed by atoms with Crippen molar-refractivity contribution in [2.24, 2.45) is 5.92 Å². The number of nitrogens with one attached hydrogen (secondary N) is 2. The topological polar surface area (TPSA) is 41.1 Å². The van der Waals surface area contributed by atoms with Gasteiger partial charge in [0.1, 0.15) is 0 Å². The molecule has 0 aliphatic carbocycles. The Morgan fingerprint density at radius 3 is 2.84 bits per heavy atom. The van der Waals surface area contributed by atoms with Crippen molar-refractivity contribution in [1.29, 1.82) is 0 Å². The first-order valence-electron chi connectivity index (χ1n) is 7.34. The van der Waals surface area contributed by atoms with Crippen LogP contribution < -0.4 is 10.6 Å². The van der Waals surface area contributed by atoms with E-state index in [1.165, 1.54) is 11.3 Å².